The molecular weight excluding hydrogens is 236 g/mol. The Kier molecular flexibility index (Phi) is 11.7. The van der Waals surface area contributed by atoms with E-state index < -0.39 is 5.97 Å². The van der Waals surface area contributed by atoms with E-state index in [1.54, 1.807) is 0 Å². The lowest BCUT2D eigenvalue weighted by atomic mass is 10.0. The lowest BCUT2D eigenvalue weighted by molar-refractivity contribution is -0.132. The molecule has 0 radical (unpaired) electrons. The number of unbranched alkanes of at least 4 members (excludes halogenated alkanes) is 9. The standard InChI is InChI=1S/C17H32O2/c1-4-5-6-7-8-9-10-11-12-13-14-16(15(2)3)17(18)19/h4-14H2,1-3H3,(H,18,19). The highest BCUT2D eigenvalue weighted by Gasteiger charge is 2.08. The zero-order valence-electron chi connectivity index (χ0n) is 13.1. The van der Waals surface area contributed by atoms with E-state index in [0.717, 1.165) is 18.4 Å². The number of hydrogen-bond acceptors (Lipinski definition) is 1. The molecule has 0 unspecified atom stereocenters. The molecule has 0 aliphatic heterocycles. The van der Waals surface area contributed by atoms with Crippen molar-refractivity contribution in [2.24, 2.45) is 0 Å². The third-order valence-corrected chi connectivity index (χ3v) is 3.64. The monoisotopic (exact) mass is 268 g/mol. The van der Waals surface area contributed by atoms with E-state index in [2.05, 4.69) is 6.92 Å². The van der Waals surface area contributed by atoms with E-state index in [9.17, 15) is 4.79 Å². The van der Waals surface area contributed by atoms with Crippen molar-refractivity contribution in [3.8, 4) is 0 Å². The number of carbonyl (C=O) groups is 1. The van der Waals surface area contributed by atoms with Crippen LogP contribution in [0.5, 0.6) is 0 Å². The lowest BCUT2D eigenvalue weighted by Crippen LogP contribution is -2.02. The maximum atomic E-state index is 11.0. The minimum absolute atomic E-state index is 0.611. The summed E-state index contributed by atoms with van der Waals surface area (Å²) in [6.07, 6.45) is 13.7. The van der Waals surface area contributed by atoms with Crippen molar-refractivity contribution in [1.82, 2.24) is 0 Å². The van der Waals surface area contributed by atoms with Crippen molar-refractivity contribution in [3.63, 3.8) is 0 Å². The highest BCUT2D eigenvalue weighted by atomic mass is 16.4. The number of carboxylic acid groups (broad SMARTS) is 1. The third-order valence-electron chi connectivity index (χ3n) is 3.64. The van der Waals surface area contributed by atoms with Crippen LogP contribution in [0.25, 0.3) is 0 Å². The van der Waals surface area contributed by atoms with Crippen LogP contribution in [0, 0.1) is 0 Å². The summed E-state index contributed by atoms with van der Waals surface area (Å²) in [6, 6.07) is 0. The molecule has 0 atom stereocenters. The first kappa shape index (κ1) is 18.2. The zero-order chi connectivity index (χ0) is 14.5. The maximum absolute atomic E-state index is 11.0. The van der Waals surface area contributed by atoms with Crippen LogP contribution in [0.2, 0.25) is 0 Å². The fourth-order valence-corrected chi connectivity index (χ4v) is 2.36. The first-order valence-electron chi connectivity index (χ1n) is 7.99. The van der Waals surface area contributed by atoms with Crippen LogP contribution in [-0.2, 0) is 4.79 Å². The van der Waals surface area contributed by atoms with E-state index in [1.165, 1.54) is 57.8 Å². The second-order valence-corrected chi connectivity index (χ2v) is 5.72. The molecule has 2 nitrogen and oxygen atoms in total. The summed E-state index contributed by atoms with van der Waals surface area (Å²) in [6.45, 7) is 6.03. The van der Waals surface area contributed by atoms with Gasteiger partial charge in [-0.1, -0.05) is 70.3 Å². The smallest absolute Gasteiger partial charge is 0.331 e. The van der Waals surface area contributed by atoms with E-state index in [4.69, 9.17) is 5.11 Å². The summed E-state index contributed by atoms with van der Waals surface area (Å²) in [5, 5.41) is 9.03. The molecule has 0 saturated carbocycles. The maximum Gasteiger partial charge on any atom is 0.331 e. The van der Waals surface area contributed by atoms with E-state index in [0.29, 0.717) is 5.57 Å². The summed E-state index contributed by atoms with van der Waals surface area (Å²) in [5.74, 6) is -0.740. The van der Waals surface area contributed by atoms with Gasteiger partial charge in [0.25, 0.3) is 0 Å². The molecule has 1 N–H and O–H groups in total. The van der Waals surface area contributed by atoms with Crippen LogP contribution in [0.1, 0.15) is 91.4 Å². The Morgan fingerprint density at radius 2 is 1.21 bits per heavy atom. The Balaban J connectivity index is 3.41. The van der Waals surface area contributed by atoms with E-state index in [-0.39, 0.29) is 0 Å². The largest absolute Gasteiger partial charge is 0.478 e. The van der Waals surface area contributed by atoms with Gasteiger partial charge in [-0.15, -0.1) is 0 Å². The molecule has 0 rings (SSSR count). The van der Waals surface area contributed by atoms with Gasteiger partial charge in [0.1, 0.15) is 0 Å². The molecule has 0 heterocycles. The number of rotatable bonds is 12. The Bertz CT molecular complexity index is 262. The molecule has 2 heteroatoms. The van der Waals surface area contributed by atoms with Gasteiger partial charge in [0.15, 0.2) is 0 Å². The van der Waals surface area contributed by atoms with Crippen LogP contribution in [0.15, 0.2) is 11.1 Å². The summed E-state index contributed by atoms with van der Waals surface area (Å²) < 4.78 is 0. The van der Waals surface area contributed by atoms with Gasteiger partial charge in [-0.3, -0.25) is 0 Å². The molecular formula is C17H32O2. The van der Waals surface area contributed by atoms with Crippen LogP contribution >= 0.6 is 0 Å². The minimum atomic E-state index is -0.740. The Morgan fingerprint density at radius 3 is 1.58 bits per heavy atom. The molecule has 112 valence electrons. The predicted octanol–water partition coefficient (Wildman–Crippen LogP) is 5.72. The highest BCUT2D eigenvalue weighted by molar-refractivity contribution is 5.87. The Labute approximate surface area is 119 Å². The fourth-order valence-electron chi connectivity index (χ4n) is 2.36. The highest BCUT2D eigenvalue weighted by Crippen LogP contribution is 2.16. The van der Waals surface area contributed by atoms with Gasteiger partial charge in [-0.2, -0.15) is 0 Å². The van der Waals surface area contributed by atoms with Crippen molar-refractivity contribution in [1.29, 1.82) is 0 Å². The number of carboxylic acids is 1. The number of hydrogen-bond donors (Lipinski definition) is 1. The van der Waals surface area contributed by atoms with Gasteiger partial charge >= 0.3 is 5.97 Å². The first-order chi connectivity index (χ1) is 9.09. The molecule has 0 amide bonds. The van der Waals surface area contributed by atoms with Crippen LogP contribution in [-0.4, -0.2) is 11.1 Å². The van der Waals surface area contributed by atoms with Gasteiger partial charge in [-0.25, -0.2) is 4.79 Å². The Morgan fingerprint density at radius 1 is 0.789 bits per heavy atom. The molecule has 19 heavy (non-hydrogen) atoms. The quantitative estimate of drug-likeness (QED) is 0.363. The van der Waals surface area contributed by atoms with Gasteiger partial charge in [0.05, 0.1) is 0 Å². The SMILES string of the molecule is CCCCCCCCCCCCC(C(=O)O)=C(C)C. The minimum Gasteiger partial charge on any atom is -0.478 e. The van der Waals surface area contributed by atoms with Gasteiger partial charge in [0, 0.05) is 5.57 Å². The molecule has 0 aromatic rings. The molecule has 0 aliphatic carbocycles. The second kappa shape index (κ2) is 12.3. The van der Waals surface area contributed by atoms with E-state index in [1.807, 2.05) is 13.8 Å². The topological polar surface area (TPSA) is 37.3 Å². The molecule has 0 bridgehead atoms. The number of allylic oxidation sites excluding steroid dienone is 1. The van der Waals surface area contributed by atoms with Crippen molar-refractivity contribution in [3.05, 3.63) is 11.1 Å². The normalized spacial score (nSPS) is 10.5. The van der Waals surface area contributed by atoms with Crippen LogP contribution in [0.4, 0.5) is 0 Å². The fraction of sp³-hybridized carbons (Fsp3) is 0.824. The summed E-state index contributed by atoms with van der Waals surface area (Å²) in [7, 11) is 0. The summed E-state index contributed by atoms with van der Waals surface area (Å²) >= 11 is 0. The lowest BCUT2D eigenvalue weighted by Gasteiger charge is -2.05. The van der Waals surface area contributed by atoms with Crippen molar-refractivity contribution < 1.29 is 9.90 Å². The third kappa shape index (κ3) is 10.8. The average molecular weight is 268 g/mol. The molecule has 0 aromatic carbocycles. The first-order valence-corrected chi connectivity index (χ1v) is 7.99. The van der Waals surface area contributed by atoms with Gasteiger partial charge in [0.2, 0.25) is 0 Å². The Hall–Kier alpha value is -0.790. The molecule has 0 aromatic heterocycles. The van der Waals surface area contributed by atoms with Gasteiger partial charge < -0.3 is 5.11 Å². The van der Waals surface area contributed by atoms with Gasteiger partial charge in [-0.05, 0) is 26.7 Å². The molecule has 0 spiro atoms. The molecule has 0 fully saturated rings. The molecule has 0 saturated heterocycles. The number of aliphatic carboxylic acids is 1. The van der Waals surface area contributed by atoms with E-state index >= 15 is 0 Å². The molecule has 0 aliphatic rings. The van der Waals surface area contributed by atoms with Crippen molar-refractivity contribution in [2.45, 2.75) is 91.4 Å². The zero-order valence-corrected chi connectivity index (χ0v) is 13.1. The average Bonchev–Trinajstić information content (AvgIpc) is 2.35. The second-order valence-electron chi connectivity index (χ2n) is 5.72. The van der Waals surface area contributed by atoms with Crippen molar-refractivity contribution >= 4 is 5.97 Å². The van der Waals surface area contributed by atoms with Crippen LogP contribution in [0.3, 0.4) is 0 Å². The summed E-state index contributed by atoms with van der Waals surface area (Å²) in [5.41, 5.74) is 1.56. The van der Waals surface area contributed by atoms with Crippen molar-refractivity contribution in [2.75, 3.05) is 0 Å². The predicted molar refractivity (Wildman–Crippen MR) is 82.5 cm³/mol. The van der Waals surface area contributed by atoms with Crippen LogP contribution < -0.4 is 0 Å². The summed E-state index contributed by atoms with van der Waals surface area (Å²) in [4.78, 5) is 11.0.